The second-order valence-electron chi connectivity index (χ2n) is 1.81. The van der Waals surface area contributed by atoms with E-state index in [1.54, 1.807) is 14.2 Å². The van der Waals surface area contributed by atoms with Crippen LogP contribution in [0.25, 0.3) is 0 Å². The maximum absolute atomic E-state index is 5.15. The molecule has 0 aromatic carbocycles. The van der Waals surface area contributed by atoms with Crippen LogP contribution < -0.4 is 11.0 Å². The molecule has 68 valence electrons. The molecule has 0 unspecified atom stereocenters. The number of ether oxygens (including phenoxy) is 1. The lowest BCUT2D eigenvalue weighted by Gasteiger charge is -2.04. The summed E-state index contributed by atoms with van der Waals surface area (Å²) >= 11 is 0. The van der Waals surface area contributed by atoms with Crippen molar-refractivity contribution in [2.45, 2.75) is 0 Å². The van der Waals surface area contributed by atoms with Crippen LogP contribution in [0, 0.1) is 0 Å². The quantitative estimate of drug-likeness (QED) is 0.367. The number of rotatable bonds is 8. The summed E-state index contributed by atoms with van der Waals surface area (Å²) in [5, 5.41) is 0. The molecule has 5 heteroatoms. The van der Waals surface area contributed by atoms with Crippen LogP contribution >= 0.6 is 0 Å². The Morgan fingerprint density at radius 3 is 1.73 bits per heavy atom. The maximum Gasteiger partial charge on any atom is 0.0614 e. The molecular weight excluding hydrogens is 148 g/mol. The van der Waals surface area contributed by atoms with Crippen molar-refractivity contribution in [2.75, 3.05) is 40.5 Å². The lowest BCUT2D eigenvalue weighted by Crippen LogP contribution is -2.22. The van der Waals surface area contributed by atoms with Gasteiger partial charge in [-0.3, -0.25) is 0 Å². The monoisotopic (exact) mass is 164 g/mol. The molecule has 0 amide bonds. The van der Waals surface area contributed by atoms with Crippen LogP contribution in [0.15, 0.2) is 0 Å². The van der Waals surface area contributed by atoms with Gasteiger partial charge in [-0.15, -0.1) is 0 Å². The highest BCUT2D eigenvalue weighted by molar-refractivity contribution is 4.35. The summed E-state index contributed by atoms with van der Waals surface area (Å²) in [6, 6.07) is 0. The number of hydrogen-bond acceptors (Lipinski definition) is 5. The number of hydroxylamine groups is 2. The first-order valence-corrected chi connectivity index (χ1v) is 3.51. The minimum Gasteiger partial charge on any atom is -0.379 e. The van der Waals surface area contributed by atoms with E-state index in [1.807, 2.05) is 0 Å². The van der Waals surface area contributed by atoms with E-state index < -0.39 is 0 Å². The van der Waals surface area contributed by atoms with E-state index >= 15 is 0 Å². The second kappa shape index (κ2) is 9.80. The lowest BCUT2D eigenvalue weighted by atomic mass is 10.7. The Morgan fingerprint density at radius 1 is 0.909 bits per heavy atom. The minimum atomic E-state index is 0.638. The van der Waals surface area contributed by atoms with Gasteiger partial charge < -0.3 is 14.4 Å². The van der Waals surface area contributed by atoms with Crippen molar-refractivity contribution in [3.8, 4) is 0 Å². The molecule has 11 heavy (non-hydrogen) atoms. The average Bonchev–Trinajstić information content (AvgIpc) is 2.03. The standard InChI is InChI=1S/C6H16N2O3/c1-9-7-3-5-11-6-4-8-10-2/h7-8H,3-6H2,1-2H3. The zero-order chi connectivity index (χ0) is 8.36. The molecule has 0 saturated carbocycles. The molecule has 0 aliphatic heterocycles. The first kappa shape index (κ1) is 10.8. The van der Waals surface area contributed by atoms with Crippen LogP contribution in [-0.2, 0) is 14.4 Å². The Bertz CT molecular complexity index is 64.8. The van der Waals surface area contributed by atoms with Gasteiger partial charge >= 0.3 is 0 Å². The minimum absolute atomic E-state index is 0.638. The molecule has 0 aromatic heterocycles. The topological polar surface area (TPSA) is 51.8 Å². The van der Waals surface area contributed by atoms with E-state index in [-0.39, 0.29) is 0 Å². The van der Waals surface area contributed by atoms with Crippen LogP contribution in [0.5, 0.6) is 0 Å². The predicted octanol–water partition coefficient (Wildman–Crippen LogP) is -0.695. The maximum atomic E-state index is 5.15. The first-order chi connectivity index (χ1) is 5.41. The molecule has 0 aromatic rings. The molecule has 0 rings (SSSR count). The number of nitrogens with one attached hydrogen (secondary N) is 2. The zero-order valence-electron chi connectivity index (χ0n) is 7.05. The van der Waals surface area contributed by atoms with Crippen LogP contribution in [0.4, 0.5) is 0 Å². The van der Waals surface area contributed by atoms with E-state index in [0.717, 1.165) is 0 Å². The molecule has 0 spiro atoms. The highest BCUT2D eigenvalue weighted by Gasteiger charge is 1.86. The molecule has 0 saturated heterocycles. The summed E-state index contributed by atoms with van der Waals surface area (Å²) in [5.74, 6) is 0. The van der Waals surface area contributed by atoms with Crippen LogP contribution in [-0.4, -0.2) is 40.5 Å². The molecule has 0 atom stereocenters. The Morgan fingerprint density at radius 2 is 1.36 bits per heavy atom. The fourth-order valence-corrected chi connectivity index (χ4v) is 0.534. The van der Waals surface area contributed by atoms with Gasteiger partial charge in [0.1, 0.15) is 0 Å². The van der Waals surface area contributed by atoms with Gasteiger partial charge in [-0.2, -0.15) is 0 Å². The normalized spacial score (nSPS) is 10.4. The van der Waals surface area contributed by atoms with E-state index in [2.05, 4.69) is 20.6 Å². The molecule has 0 fully saturated rings. The van der Waals surface area contributed by atoms with E-state index in [9.17, 15) is 0 Å². The summed E-state index contributed by atoms with van der Waals surface area (Å²) in [5.41, 5.74) is 5.32. The Hall–Kier alpha value is -0.200. The Labute approximate surface area is 66.9 Å². The SMILES string of the molecule is CONCCOCCNOC. The molecule has 0 bridgehead atoms. The molecule has 0 aliphatic rings. The highest BCUT2D eigenvalue weighted by Crippen LogP contribution is 1.71. The van der Waals surface area contributed by atoms with Crippen molar-refractivity contribution in [2.24, 2.45) is 0 Å². The van der Waals surface area contributed by atoms with Gasteiger partial charge in [0, 0.05) is 13.1 Å². The summed E-state index contributed by atoms with van der Waals surface area (Å²) in [4.78, 5) is 9.20. The first-order valence-electron chi connectivity index (χ1n) is 3.51. The van der Waals surface area contributed by atoms with Gasteiger partial charge in [0.15, 0.2) is 0 Å². The molecule has 2 N–H and O–H groups in total. The van der Waals surface area contributed by atoms with Crippen molar-refractivity contribution in [3.63, 3.8) is 0 Å². The molecule has 0 radical (unpaired) electrons. The third-order valence-electron chi connectivity index (χ3n) is 0.986. The molecule has 0 aliphatic carbocycles. The van der Waals surface area contributed by atoms with Gasteiger partial charge in [0.25, 0.3) is 0 Å². The summed E-state index contributed by atoms with van der Waals surface area (Å²) in [6.45, 7) is 2.67. The van der Waals surface area contributed by atoms with Gasteiger partial charge in [0.2, 0.25) is 0 Å². The molecular formula is C6H16N2O3. The van der Waals surface area contributed by atoms with E-state index in [0.29, 0.717) is 26.3 Å². The van der Waals surface area contributed by atoms with E-state index in [4.69, 9.17) is 4.74 Å². The smallest absolute Gasteiger partial charge is 0.0614 e. The van der Waals surface area contributed by atoms with Crippen LogP contribution in [0.2, 0.25) is 0 Å². The summed E-state index contributed by atoms with van der Waals surface area (Å²) < 4.78 is 5.15. The third-order valence-corrected chi connectivity index (χ3v) is 0.986. The van der Waals surface area contributed by atoms with Crippen LogP contribution in [0.1, 0.15) is 0 Å². The van der Waals surface area contributed by atoms with Gasteiger partial charge in [-0.25, -0.2) is 11.0 Å². The lowest BCUT2D eigenvalue weighted by molar-refractivity contribution is 0.0358. The predicted molar refractivity (Wildman–Crippen MR) is 40.8 cm³/mol. The van der Waals surface area contributed by atoms with E-state index in [1.165, 1.54) is 0 Å². The van der Waals surface area contributed by atoms with Gasteiger partial charge in [-0.05, 0) is 0 Å². The largest absolute Gasteiger partial charge is 0.379 e. The van der Waals surface area contributed by atoms with Crippen molar-refractivity contribution < 1.29 is 14.4 Å². The number of hydrogen-bond donors (Lipinski definition) is 2. The van der Waals surface area contributed by atoms with Crippen molar-refractivity contribution >= 4 is 0 Å². The van der Waals surface area contributed by atoms with Crippen molar-refractivity contribution in [3.05, 3.63) is 0 Å². The second-order valence-corrected chi connectivity index (χ2v) is 1.81. The van der Waals surface area contributed by atoms with Crippen molar-refractivity contribution in [1.82, 2.24) is 11.0 Å². The zero-order valence-corrected chi connectivity index (χ0v) is 7.05. The fraction of sp³-hybridized carbons (Fsp3) is 1.00. The van der Waals surface area contributed by atoms with Gasteiger partial charge in [-0.1, -0.05) is 0 Å². The Kier molecular flexibility index (Phi) is 9.62. The highest BCUT2D eigenvalue weighted by atomic mass is 16.6. The average molecular weight is 164 g/mol. The molecule has 0 heterocycles. The van der Waals surface area contributed by atoms with Crippen molar-refractivity contribution in [1.29, 1.82) is 0 Å². The van der Waals surface area contributed by atoms with Gasteiger partial charge in [0.05, 0.1) is 27.4 Å². The Balaban J connectivity index is 2.69. The summed E-state index contributed by atoms with van der Waals surface area (Å²) in [7, 11) is 3.15. The summed E-state index contributed by atoms with van der Waals surface area (Å²) in [6.07, 6.45) is 0. The fourth-order valence-electron chi connectivity index (χ4n) is 0.534. The van der Waals surface area contributed by atoms with Crippen LogP contribution in [0.3, 0.4) is 0 Å². The molecule has 5 nitrogen and oxygen atoms in total. The third kappa shape index (κ3) is 9.80.